The number of hydrogen-bond donors (Lipinski definition) is 0. The maximum Gasteiger partial charge on any atom is 0.165 e. The molecule has 0 heterocycles. The van der Waals surface area contributed by atoms with Gasteiger partial charge in [-0.25, -0.2) is 8.78 Å². The molecule has 0 bridgehead atoms. The van der Waals surface area contributed by atoms with Gasteiger partial charge in [0.05, 0.1) is 10.6 Å². The topological polar surface area (TPSA) is 17.1 Å². The fourth-order valence-corrected chi connectivity index (χ4v) is 1.76. The van der Waals surface area contributed by atoms with Crippen molar-refractivity contribution < 1.29 is 13.6 Å². The lowest BCUT2D eigenvalue weighted by Gasteiger charge is -2.03. The molecule has 86 valence electrons. The van der Waals surface area contributed by atoms with E-state index in [9.17, 15) is 13.6 Å². The molecular formula is C12H11ClF2O. The smallest absolute Gasteiger partial charge is 0.165 e. The van der Waals surface area contributed by atoms with Crippen molar-refractivity contribution in [1.29, 1.82) is 0 Å². The van der Waals surface area contributed by atoms with E-state index in [1.807, 2.05) is 0 Å². The van der Waals surface area contributed by atoms with E-state index >= 15 is 0 Å². The van der Waals surface area contributed by atoms with Crippen molar-refractivity contribution >= 4 is 17.4 Å². The third-order valence-electron chi connectivity index (χ3n) is 2.79. The highest BCUT2D eigenvalue weighted by atomic mass is 35.5. The zero-order valence-corrected chi connectivity index (χ0v) is 9.36. The van der Waals surface area contributed by atoms with Crippen molar-refractivity contribution in [1.82, 2.24) is 0 Å². The van der Waals surface area contributed by atoms with Crippen LogP contribution in [0.1, 0.15) is 36.0 Å². The van der Waals surface area contributed by atoms with Crippen molar-refractivity contribution in [2.24, 2.45) is 5.92 Å². The van der Waals surface area contributed by atoms with Crippen LogP contribution in [0.4, 0.5) is 8.78 Å². The summed E-state index contributed by atoms with van der Waals surface area (Å²) in [5, 5.41) is -0.295. The Kier molecular flexibility index (Phi) is 3.24. The molecule has 2 rings (SSSR count). The van der Waals surface area contributed by atoms with Crippen LogP contribution in [-0.4, -0.2) is 5.78 Å². The Morgan fingerprint density at radius 3 is 2.62 bits per heavy atom. The third kappa shape index (κ3) is 2.59. The molecule has 1 fully saturated rings. The van der Waals surface area contributed by atoms with Gasteiger partial charge in [-0.1, -0.05) is 24.4 Å². The number of halogens is 3. The lowest BCUT2D eigenvalue weighted by atomic mass is 10.0. The summed E-state index contributed by atoms with van der Waals surface area (Å²) in [5.74, 6) is -1.24. The molecule has 0 aliphatic heterocycles. The first kappa shape index (κ1) is 11.5. The Bertz CT molecular complexity index is 427. The number of ketones is 1. The first-order valence-electron chi connectivity index (χ1n) is 5.25. The number of carbonyl (C=O) groups is 1. The van der Waals surface area contributed by atoms with Crippen molar-refractivity contribution in [3.05, 3.63) is 34.4 Å². The molecule has 0 atom stereocenters. The van der Waals surface area contributed by atoms with Gasteiger partial charge >= 0.3 is 0 Å². The summed E-state index contributed by atoms with van der Waals surface area (Å²) < 4.78 is 26.4. The second-order valence-electron chi connectivity index (χ2n) is 4.15. The molecule has 1 saturated carbocycles. The van der Waals surface area contributed by atoms with Gasteiger partial charge in [0.15, 0.2) is 5.78 Å². The minimum Gasteiger partial charge on any atom is -0.294 e. The lowest BCUT2D eigenvalue weighted by Crippen LogP contribution is -2.04. The molecule has 0 saturated heterocycles. The second-order valence-corrected chi connectivity index (χ2v) is 4.56. The molecular weight excluding hydrogens is 234 g/mol. The van der Waals surface area contributed by atoms with Crippen LogP contribution in [0.2, 0.25) is 5.02 Å². The molecule has 1 aromatic rings. The van der Waals surface area contributed by atoms with Crippen LogP contribution in [0.25, 0.3) is 0 Å². The van der Waals surface area contributed by atoms with Gasteiger partial charge in [-0.2, -0.15) is 0 Å². The summed E-state index contributed by atoms with van der Waals surface area (Å²) in [6.45, 7) is 0. The molecule has 0 spiro atoms. The van der Waals surface area contributed by atoms with Crippen molar-refractivity contribution in [2.75, 3.05) is 0 Å². The van der Waals surface area contributed by atoms with E-state index in [2.05, 4.69) is 0 Å². The standard InChI is InChI=1S/C12H11ClF2O/c13-9-6-10(14)8(5-11(9)15)12(16)4-3-7-1-2-7/h5-7H,1-4H2. The maximum absolute atomic E-state index is 13.3. The van der Waals surface area contributed by atoms with Gasteiger partial charge in [0.2, 0.25) is 0 Å². The normalized spacial score (nSPS) is 15.2. The average Bonchev–Trinajstić information content (AvgIpc) is 3.03. The summed E-state index contributed by atoms with van der Waals surface area (Å²) in [7, 11) is 0. The predicted molar refractivity (Wildman–Crippen MR) is 57.7 cm³/mol. The highest BCUT2D eigenvalue weighted by molar-refractivity contribution is 6.30. The summed E-state index contributed by atoms with van der Waals surface area (Å²) in [5.41, 5.74) is -0.192. The van der Waals surface area contributed by atoms with Crippen LogP contribution in [-0.2, 0) is 0 Å². The molecule has 0 aromatic heterocycles. The monoisotopic (exact) mass is 244 g/mol. The molecule has 0 unspecified atom stereocenters. The molecule has 1 aliphatic carbocycles. The van der Waals surface area contributed by atoms with E-state index < -0.39 is 11.6 Å². The van der Waals surface area contributed by atoms with Crippen LogP contribution in [0.5, 0.6) is 0 Å². The van der Waals surface area contributed by atoms with E-state index in [4.69, 9.17) is 11.6 Å². The van der Waals surface area contributed by atoms with E-state index in [1.54, 1.807) is 0 Å². The molecule has 1 aliphatic rings. The summed E-state index contributed by atoms with van der Waals surface area (Å²) in [4.78, 5) is 11.6. The van der Waals surface area contributed by atoms with Gasteiger partial charge in [0, 0.05) is 6.42 Å². The van der Waals surface area contributed by atoms with E-state index in [1.165, 1.54) is 0 Å². The number of Topliss-reactive ketones (excluding diaryl/α,β-unsaturated/α-hetero) is 1. The first-order valence-corrected chi connectivity index (χ1v) is 5.63. The number of carbonyl (C=O) groups excluding carboxylic acids is 1. The highest BCUT2D eigenvalue weighted by Crippen LogP contribution is 2.34. The summed E-state index contributed by atoms with van der Waals surface area (Å²) >= 11 is 5.40. The molecule has 0 amide bonds. The Labute approximate surface area is 97.4 Å². The quantitative estimate of drug-likeness (QED) is 0.578. The van der Waals surface area contributed by atoms with Crippen LogP contribution in [0, 0.1) is 17.6 Å². The third-order valence-corrected chi connectivity index (χ3v) is 3.08. The molecule has 4 heteroatoms. The number of rotatable bonds is 4. The van der Waals surface area contributed by atoms with Gasteiger partial charge in [-0.15, -0.1) is 0 Å². The zero-order valence-electron chi connectivity index (χ0n) is 8.60. The predicted octanol–water partition coefficient (Wildman–Crippen LogP) is 3.99. The Morgan fingerprint density at radius 2 is 2.00 bits per heavy atom. The Balaban J connectivity index is 2.11. The minimum absolute atomic E-state index is 0.192. The molecule has 1 aromatic carbocycles. The highest BCUT2D eigenvalue weighted by Gasteiger charge is 2.23. The Hall–Kier alpha value is -0.960. The molecule has 0 radical (unpaired) electrons. The van der Waals surface area contributed by atoms with Crippen LogP contribution in [0.15, 0.2) is 12.1 Å². The fourth-order valence-electron chi connectivity index (χ4n) is 1.61. The average molecular weight is 245 g/mol. The molecule has 0 N–H and O–H groups in total. The minimum atomic E-state index is -0.752. The van der Waals surface area contributed by atoms with Crippen molar-refractivity contribution in [3.8, 4) is 0 Å². The fraction of sp³-hybridized carbons (Fsp3) is 0.417. The van der Waals surface area contributed by atoms with E-state index in [0.717, 1.165) is 31.4 Å². The number of benzene rings is 1. The van der Waals surface area contributed by atoms with Gasteiger partial charge in [0.1, 0.15) is 11.6 Å². The summed E-state index contributed by atoms with van der Waals surface area (Å²) in [6.07, 6.45) is 3.33. The van der Waals surface area contributed by atoms with Crippen molar-refractivity contribution in [2.45, 2.75) is 25.7 Å². The first-order chi connectivity index (χ1) is 7.58. The molecule has 16 heavy (non-hydrogen) atoms. The van der Waals surface area contributed by atoms with Gasteiger partial charge in [0.25, 0.3) is 0 Å². The lowest BCUT2D eigenvalue weighted by molar-refractivity contribution is 0.0973. The second kappa shape index (κ2) is 4.50. The van der Waals surface area contributed by atoms with E-state index in [0.29, 0.717) is 5.92 Å². The molecule has 1 nitrogen and oxygen atoms in total. The van der Waals surface area contributed by atoms with Gasteiger partial charge in [-0.3, -0.25) is 4.79 Å². The van der Waals surface area contributed by atoms with Crippen LogP contribution >= 0.6 is 11.6 Å². The maximum atomic E-state index is 13.3. The van der Waals surface area contributed by atoms with Crippen LogP contribution < -0.4 is 0 Å². The van der Waals surface area contributed by atoms with Crippen LogP contribution in [0.3, 0.4) is 0 Å². The summed E-state index contributed by atoms with van der Waals surface area (Å²) in [6, 6.07) is 1.73. The van der Waals surface area contributed by atoms with E-state index in [-0.39, 0.29) is 22.8 Å². The van der Waals surface area contributed by atoms with Gasteiger partial charge in [-0.05, 0) is 24.5 Å². The van der Waals surface area contributed by atoms with Gasteiger partial charge < -0.3 is 0 Å². The SMILES string of the molecule is O=C(CCC1CC1)c1cc(F)c(Cl)cc1F. The largest absolute Gasteiger partial charge is 0.294 e. The zero-order chi connectivity index (χ0) is 11.7. The van der Waals surface area contributed by atoms with Crippen molar-refractivity contribution in [3.63, 3.8) is 0 Å². The number of hydrogen-bond acceptors (Lipinski definition) is 1. The Morgan fingerprint density at radius 1 is 1.31 bits per heavy atom.